The van der Waals surface area contributed by atoms with Crippen molar-refractivity contribution in [2.75, 3.05) is 25.0 Å². The molecule has 0 bridgehead atoms. The molecule has 1 fully saturated rings. The fourth-order valence-corrected chi connectivity index (χ4v) is 2.45. The molecule has 2 amide bonds. The van der Waals surface area contributed by atoms with Gasteiger partial charge < -0.3 is 15.8 Å². The van der Waals surface area contributed by atoms with Gasteiger partial charge in [0.25, 0.3) is 5.91 Å². The van der Waals surface area contributed by atoms with Gasteiger partial charge in [0.05, 0.1) is 17.8 Å². The largest absolute Gasteiger partial charge is 0.366 e. The van der Waals surface area contributed by atoms with Gasteiger partial charge in [-0.2, -0.15) is 0 Å². The van der Waals surface area contributed by atoms with Crippen LogP contribution in [0.4, 0.5) is 5.69 Å². The van der Waals surface area contributed by atoms with Crippen LogP contribution in [0.3, 0.4) is 0 Å². The van der Waals surface area contributed by atoms with Crippen LogP contribution in [-0.2, 0) is 9.59 Å². The Morgan fingerprint density at radius 2 is 1.95 bits per heavy atom. The van der Waals surface area contributed by atoms with E-state index < -0.39 is 5.91 Å². The molecule has 112 valence electrons. The predicted octanol–water partition coefficient (Wildman–Crippen LogP) is 0.635. The van der Waals surface area contributed by atoms with Crippen molar-refractivity contribution in [3.63, 3.8) is 0 Å². The summed E-state index contributed by atoms with van der Waals surface area (Å²) < 4.78 is 0. The quantitative estimate of drug-likeness (QED) is 0.778. The molecular formula is C15H19N3O3. The summed E-state index contributed by atoms with van der Waals surface area (Å²) in [6.45, 7) is 1.71. The number of nitrogens with one attached hydrogen (secondary N) is 1. The molecule has 1 saturated heterocycles. The number of para-hydroxylation sites is 1. The third-order valence-electron chi connectivity index (χ3n) is 3.66. The first-order valence-corrected chi connectivity index (χ1v) is 6.96. The topological polar surface area (TPSA) is 92.5 Å². The second-order valence-electron chi connectivity index (χ2n) is 5.21. The Bertz CT molecular complexity index is 537. The van der Waals surface area contributed by atoms with Gasteiger partial charge in [-0.25, -0.2) is 0 Å². The summed E-state index contributed by atoms with van der Waals surface area (Å²) >= 11 is 0. The lowest BCUT2D eigenvalue weighted by atomic mass is 9.99. The number of anilines is 1. The molecule has 0 aromatic heterocycles. The average molecular weight is 289 g/mol. The van der Waals surface area contributed by atoms with Crippen molar-refractivity contribution in [1.82, 2.24) is 4.90 Å². The molecule has 1 heterocycles. The lowest BCUT2D eigenvalue weighted by Crippen LogP contribution is -2.39. The van der Waals surface area contributed by atoms with Gasteiger partial charge in [-0.1, -0.05) is 12.1 Å². The standard InChI is InChI=1S/C15H19N3O3/c16-15(21)12-3-1-2-4-13(12)17-14(20)9-18-7-5-11(10-19)6-8-18/h1-4,10-11H,5-9H2,(H2,16,21)(H,17,20). The molecule has 0 spiro atoms. The number of nitrogens with zero attached hydrogens (tertiary/aromatic N) is 1. The van der Waals surface area contributed by atoms with Crippen LogP contribution in [0.1, 0.15) is 23.2 Å². The van der Waals surface area contributed by atoms with Crippen LogP contribution < -0.4 is 11.1 Å². The predicted molar refractivity (Wildman–Crippen MR) is 78.8 cm³/mol. The molecule has 0 atom stereocenters. The third kappa shape index (κ3) is 4.13. The molecule has 21 heavy (non-hydrogen) atoms. The highest BCUT2D eigenvalue weighted by Crippen LogP contribution is 2.16. The maximum absolute atomic E-state index is 12.0. The normalized spacial score (nSPS) is 16.4. The van der Waals surface area contributed by atoms with Crippen molar-refractivity contribution in [3.05, 3.63) is 29.8 Å². The maximum Gasteiger partial charge on any atom is 0.250 e. The Morgan fingerprint density at radius 3 is 2.57 bits per heavy atom. The number of hydrogen-bond acceptors (Lipinski definition) is 4. The number of piperidine rings is 1. The summed E-state index contributed by atoms with van der Waals surface area (Å²) in [5, 5.41) is 2.71. The van der Waals surface area contributed by atoms with E-state index in [1.807, 2.05) is 4.90 Å². The van der Waals surface area contributed by atoms with E-state index in [1.54, 1.807) is 24.3 Å². The minimum Gasteiger partial charge on any atom is -0.366 e. The molecule has 1 aliphatic heterocycles. The number of amides is 2. The number of carbonyl (C=O) groups is 3. The van der Waals surface area contributed by atoms with Crippen LogP contribution in [-0.4, -0.2) is 42.6 Å². The van der Waals surface area contributed by atoms with Crippen LogP contribution in [0.2, 0.25) is 0 Å². The SMILES string of the molecule is NC(=O)c1ccccc1NC(=O)CN1CCC(C=O)CC1. The van der Waals surface area contributed by atoms with Crippen LogP contribution in [0.25, 0.3) is 0 Å². The molecule has 0 unspecified atom stereocenters. The highest BCUT2D eigenvalue weighted by molar-refractivity contribution is 6.03. The summed E-state index contributed by atoms with van der Waals surface area (Å²) in [6, 6.07) is 6.65. The molecule has 1 aliphatic rings. The maximum atomic E-state index is 12.0. The second-order valence-corrected chi connectivity index (χ2v) is 5.21. The zero-order valence-electron chi connectivity index (χ0n) is 11.7. The van der Waals surface area contributed by atoms with Gasteiger partial charge in [0, 0.05) is 5.92 Å². The van der Waals surface area contributed by atoms with Crippen LogP contribution >= 0.6 is 0 Å². The number of benzene rings is 1. The summed E-state index contributed by atoms with van der Waals surface area (Å²) in [6.07, 6.45) is 2.56. The van der Waals surface area contributed by atoms with E-state index in [9.17, 15) is 14.4 Å². The van der Waals surface area contributed by atoms with Gasteiger partial charge in [-0.05, 0) is 38.1 Å². The fourth-order valence-electron chi connectivity index (χ4n) is 2.45. The number of carbonyl (C=O) groups excluding carboxylic acids is 3. The molecule has 1 aromatic carbocycles. The van der Waals surface area contributed by atoms with E-state index in [4.69, 9.17) is 5.73 Å². The van der Waals surface area contributed by atoms with E-state index in [0.717, 1.165) is 32.2 Å². The van der Waals surface area contributed by atoms with Crippen LogP contribution in [0.15, 0.2) is 24.3 Å². The van der Waals surface area contributed by atoms with Crippen molar-refractivity contribution in [1.29, 1.82) is 0 Å². The summed E-state index contributed by atoms with van der Waals surface area (Å²) in [4.78, 5) is 36.0. The van der Waals surface area contributed by atoms with Crippen molar-refractivity contribution >= 4 is 23.8 Å². The first kappa shape index (κ1) is 15.2. The summed E-state index contributed by atoms with van der Waals surface area (Å²) in [5.74, 6) is -0.647. The van der Waals surface area contributed by atoms with Gasteiger partial charge in [-0.15, -0.1) is 0 Å². The van der Waals surface area contributed by atoms with Gasteiger partial charge in [0.15, 0.2) is 0 Å². The molecule has 6 nitrogen and oxygen atoms in total. The highest BCUT2D eigenvalue weighted by atomic mass is 16.2. The fraction of sp³-hybridized carbons (Fsp3) is 0.400. The lowest BCUT2D eigenvalue weighted by Gasteiger charge is -2.28. The van der Waals surface area contributed by atoms with Crippen LogP contribution in [0, 0.1) is 5.92 Å². The molecule has 0 radical (unpaired) electrons. The lowest BCUT2D eigenvalue weighted by molar-refractivity contribution is -0.117. The molecule has 3 N–H and O–H groups in total. The Labute approximate surface area is 123 Å². The zero-order valence-corrected chi connectivity index (χ0v) is 11.7. The number of rotatable bonds is 5. The zero-order chi connectivity index (χ0) is 15.2. The second kappa shape index (κ2) is 6.99. The number of primary amides is 1. The number of nitrogens with two attached hydrogens (primary N) is 1. The van der Waals surface area contributed by atoms with E-state index >= 15 is 0 Å². The smallest absolute Gasteiger partial charge is 0.250 e. The van der Waals surface area contributed by atoms with Gasteiger partial charge in [0.2, 0.25) is 5.91 Å². The Morgan fingerprint density at radius 1 is 1.29 bits per heavy atom. The van der Waals surface area contributed by atoms with E-state index in [-0.39, 0.29) is 18.4 Å². The van der Waals surface area contributed by atoms with Crippen molar-refractivity contribution in [2.24, 2.45) is 11.7 Å². The first-order valence-electron chi connectivity index (χ1n) is 6.96. The highest BCUT2D eigenvalue weighted by Gasteiger charge is 2.20. The first-order chi connectivity index (χ1) is 10.1. The van der Waals surface area contributed by atoms with E-state index in [0.29, 0.717) is 11.3 Å². The Kier molecular flexibility index (Phi) is 5.05. The van der Waals surface area contributed by atoms with Crippen LogP contribution in [0.5, 0.6) is 0 Å². The Hall–Kier alpha value is -2.21. The molecule has 2 rings (SSSR count). The molecule has 6 heteroatoms. The van der Waals surface area contributed by atoms with Crippen molar-refractivity contribution in [2.45, 2.75) is 12.8 Å². The number of aldehydes is 1. The molecule has 0 saturated carbocycles. The van der Waals surface area contributed by atoms with Gasteiger partial charge >= 0.3 is 0 Å². The summed E-state index contributed by atoms with van der Waals surface area (Å²) in [7, 11) is 0. The van der Waals surface area contributed by atoms with Crippen molar-refractivity contribution in [3.8, 4) is 0 Å². The average Bonchev–Trinajstić information content (AvgIpc) is 2.48. The van der Waals surface area contributed by atoms with Gasteiger partial charge in [-0.3, -0.25) is 14.5 Å². The third-order valence-corrected chi connectivity index (χ3v) is 3.66. The van der Waals surface area contributed by atoms with Gasteiger partial charge in [0.1, 0.15) is 6.29 Å². The number of likely N-dealkylation sites (tertiary alicyclic amines) is 1. The summed E-state index contributed by atoms with van der Waals surface area (Å²) in [5.41, 5.74) is 6.00. The van der Waals surface area contributed by atoms with Crippen molar-refractivity contribution < 1.29 is 14.4 Å². The monoisotopic (exact) mass is 289 g/mol. The van der Waals surface area contributed by atoms with E-state index in [1.165, 1.54) is 0 Å². The molecular weight excluding hydrogens is 270 g/mol. The molecule has 1 aromatic rings. The molecule has 0 aliphatic carbocycles. The minimum atomic E-state index is -0.572. The minimum absolute atomic E-state index is 0.111. The Balaban J connectivity index is 1.91. The number of hydrogen-bond donors (Lipinski definition) is 2. The van der Waals surface area contributed by atoms with E-state index in [2.05, 4.69) is 5.32 Å².